The van der Waals surface area contributed by atoms with Gasteiger partial charge in [-0.1, -0.05) is 18.2 Å². The lowest BCUT2D eigenvalue weighted by molar-refractivity contribution is 0.211. The number of anilines is 1. The summed E-state index contributed by atoms with van der Waals surface area (Å²) in [6.07, 6.45) is 0. The number of nitrogen functional groups attached to an aromatic ring is 1. The molecule has 0 aromatic heterocycles. The summed E-state index contributed by atoms with van der Waals surface area (Å²) in [6.45, 7) is 2.93. The normalized spacial score (nSPS) is 12.6. The summed E-state index contributed by atoms with van der Waals surface area (Å²) in [6, 6.07) is 6.03. The third-order valence-electron chi connectivity index (χ3n) is 2.51. The van der Waals surface area contributed by atoms with Gasteiger partial charge in [-0.3, -0.25) is 0 Å². The zero-order chi connectivity index (χ0) is 13.9. The first kappa shape index (κ1) is 14.8. The summed E-state index contributed by atoms with van der Waals surface area (Å²) >= 11 is 0. The number of alkyl halides is 2. The fourth-order valence-electron chi connectivity index (χ4n) is 1.51. The molecule has 7 heteroatoms. The van der Waals surface area contributed by atoms with E-state index in [9.17, 15) is 17.2 Å². The number of nitrogens with two attached hydrogens (primary N) is 1. The molecule has 0 amide bonds. The summed E-state index contributed by atoms with van der Waals surface area (Å²) in [7, 11) is -4.61. The molecular formula is C11H16F2N2O2S. The molecule has 0 spiro atoms. The van der Waals surface area contributed by atoms with Crippen LogP contribution >= 0.6 is 0 Å². The molecule has 0 heterocycles. The molecule has 0 saturated carbocycles. The molecule has 0 saturated heterocycles. The van der Waals surface area contributed by atoms with Gasteiger partial charge in [0.25, 0.3) is 10.0 Å². The topological polar surface area (TPSA) is 63.4 Å². The maximum atomic E-state index is 12.6. The minimum absolute atomic E-state index is 0.156. The molecule has 1 aromatic carbocycles. The van der Waals surface area contributed by atoms with Gasteiger partial charge in [-0.25, -0.2) is 8.42 Å². The summed E-state index contributed by atoms with van der Waals surface area (Å²) in [5.41, 5.74) is 6.57. The van der Waals surface area contributed by atoms with Gasteiger partial charge in [0.15, 0.2) is 0 Å². The van der Waals surface area contributed by atoms with Gasteiger partial charge in [0.05, 0.1) is 0 Å². The first-order chi connectivity index (χ1) is 8.26. The van der Waals surface area contributed by atoms with Crippen molar-refractivity contribution in [1.29, 1.82) is 0 Å². The van der Waals surface area contributed by atoms with E-state index in [1.807, 2.05) is 0 Å². The van der Waals surface area contributed by atoms with Crippen molar-refractivity contribution in [3.8, 4) is 0 Å². The standard InChI is InChI=1S/C11H16F2N2O2S/c1-8(2)15(18(16,17)11(12)13)7-9-5-3-4-6-10(9)14/h3-6,8,11H,7,14H2,1-2H3. The van der Waals surface area contributed by atoms with E-state index in [-0.39, 0.29) is 6.54 Å². The van der Waals surface area contributed by atoms with Crippen molar-refractivity contribution in [2.45, 2.75) is 32.2 Å². The second-order valence-corrected chi connectivity index (χ2v) is 6.00. The summed E-state index contributed by atoms with van der Waals surface area (Å²) < 4.78 is 48.9. The third kappa shape index (κ3) is 3.17. The highest BCUT2D eigenvalue weighted by molar-refractivity contribution is 7.89. The smallest absolute Gasteiger partial charge is 0.350 e. The molecule has 2 N–H and O–H groups in total. The minimum Gasteiger partial charge on any atom is -0.398 e. The van der Waals surface area contributed by atoms with E-state index in [1.54, 1.807) is 38.1 Å². The average molecular weight is 278 g/mol. The van der Waals surface area contributed by atoms with Gasteiger partial charge < -0.3 is 5.73 Å². The molecule has 0 aliphatic carbocycles. The van der Waals surface area contributed by atoms with Crippen molar-refractivity contribution < 1.29 is 17.2 Å². The second kappa shape index (κ2) is 5.62. The van der Waals surface area contributed by atoms with Gasteiger partial charge in [-0.2, -0.15) is 13.1 Å². The number of sulfonamides is 1. The molecule has 0 bridgehead atoms. The van der Waals surface area contributed by atoms with Gasteiger partial charge in [-0.05, 0) is 25.5 Å². The van der Waals surface area contributed by atoms with Gasteiger partial charge in [0, 0.05) is 18.3 Å². The van der Waals surface area contributed by atoms with Crippen LogP contribution in [0.1, 0.15) is 19.4 Å². The largest absolute Gasteiger partial charge is 0.398 e. The van der Waals surface area contributed by atoms with Crippen LogP contribution in [-0.2, 0) is 16.6 Å². The number of para-hydroxylation sites is 1. The fraction of sp³-hybridized carbons (Fsp3) is 0.455. The lowest BCUT2D eigenvalue weighted by atomic mass is 10.2. The number of benzene rings is 1. The van der Waals surface area contributed by atoms with Crippen LogP contribution in [0.15, 0.2) is 24.3 Å². The third-order valence-corrected chi connectivity index (χ3v) is 4.16. The van der Waals surface area contributed by atoms with Crippen molar-refractivity contribution in [3.63, 3.8) is 0 Å². The van der Waals surface area contributed by atoms with E-state index in [1.165, 1.54) is 0 Å². The van der Waals surface area contributed by atoms with Crippen molar-refractivity contribution in [2.24, 2.45) is 0 Å². The van der Waals surface area contributed by atoms with Crippen LogP contribution in [0.4, 0.5) is 14.5 Å². The van der Waals surface area contributed by atoms with E-state index in [0.717, 1.165) is 4.31 Å². The monoisotopic (exact) mass is 278 g/mol. The van der Waals surface area contributed by atoms with Gasteiger partial charge >= 0.3 is 5.76 Å². The van der Waals surface area contributed by atoms with Crippen molar-refractivity contribution >= 4 is 15.7 Å². The van der Waals surface area contributed by atoms with E-state index in [2.05, 4.69) is 0 Å². The Morgan fingerprint density at radius 3 is 2.28 bits per heavy atom. The maximum Gasteiger partial charge on any atom is 0.350 e. The minimum atomic E-state index is -4.61. The highest BCUT2D eigenvalue weighted by Gasteiger charge is 2.34. The zero-order valence-corrected chi connectivity index (χ0v) is 11.0. The summed E-state index contributed by atoms with van der Waals surface area (Å²) in [4.78, 5) is 0. The molecule has 4 nitrogen and oxygen atoms in total. The zero-order valence-electron chi connectivity index (χ0n) is 10.2. The van der Waals surface area contributed by atoms with Crippen LogP contribution in [0.5, 0.6) is 0 Å². The van der Waals surface area contributed by atoms with Crippen LogP contribution in [-0.4, -0.2) is 24.5 Å². The molecule has 0 fully saturated rings. The van der Waals surface area contributed by atoms with Gasteiger partial charge in [0.1, 0.15) is 0 Å². The predicted molar refractivity (Wildman–Crippen MR) is 66.5 cm³/mol. The molecule has 18 heavy (non-hydrogen) atoms. The Morgan fingerprint density at radius 1 is 1.28 bits per heavy atom. The number of halogens is 2. The van der Waals surface area contributed by atoms with E-state index >= 15 is 0 Å². The Morgan fingerprint density at radius 2 is 1.83 bits per heavy atom. The quantitative estimate of drug-likeness (QED) is 0.838. The maximum absolute atomic E-state index is 12.6. The first-order valence-corrected chi connectivity index (χ1v) is 6.89. The lowest BCUT2D eigenvalue weighted by Gasteiger charge is -2.25. The molecule has 0 aliphatic heterocycles. The Balaban J connectivity index is 3.07. The molecule has 0 radical (unpaired) electrons. The average Bonchev–Trinajstić information content (AvgIpc) is 2.26. The van der Waals surface area contributed by atoms with Crippen LogP contribution in [0, 0.1) is 0 Å². The first-order valence-electron chi connectivity index (χ1n) is 5.39. The summed E-state index contributed by atoms with van der Waals surface area (Å²) in [5, 5.41) is 0. The van der Waals surface area contributed by atoms with Gasteiger partial charge in [-0.15, -0.1) is 0 Å². The van der Waals surface area contributed by atoms with Crippen molar-refractivity contribution in [1.82, 2.24) is 4.31 Å². The summed E-state index contributed by atoms with van der Waals surface area (Å²) in [5.74, 6) is -3.43. The molecular weight excluding hydrogens is 262 g/mol. The highest BCUT2D eigenvalue weighted by atomic mass is 32.2. The van der Waals surface area contributed by atoms with Crippen LogP contribution in [0.3, 0.4) is 0 Å². The molecule has 0 aliphatic rings. The number of hydrogen-bond donors (Lipinski definition) is 1. The molecule has 102 valence electrons. The van der Waals surface area contributed by atoms with Crippen LogP contribution in [0.25, 0.3) is 0 Å². The van der Waals surface area contributed by atoms with E-state index < -0.39 is 21.8 Å². The van der Waals surface area contributed by atoms with Gasteiger partial charge in [0.2, 0.25) is 0 Å². The molecule has 1 rings (SSSR count). The lowest BCUT2D eigenvalue weighted by Crippen LogP contribution is -2.39. The Hall–Kier alpha value is -1.21. The second-order valence-electron chi connectivity index (χ2n) is 4.14. The SMILES string of the molecule is CC(C)N(Cc1ccccc1N)S(=O)(=O)C(F)F. The van der Waals surface area contributed by atoms with Crippen molar-refractivity contribution in [3.05, 3.63) is 29.8 Å². The molecule has 0 unspecified atom stereocenters. The molecule has 0 atom stereocenters. The Labute approximate surface area is 105 Å². The van der Waals surface area contributed by atoms with Crippen molar-refractivity contribution in [2.75, 3.05) is 5.73 Å². The Kier molecular flexibility index (Phi) is 4.64. The Bertz CT molecular complexity index is 504. The number of rotatable bonds is 5. The fourth-order valence-corrected chi connectivity index (χ4v) is 2.63. The molecule has 1 aromatic rings. The van der Waals surface area contributed by atoms with E-state index in [0.29, 0.717) is 11.3 Å². The van der Waals surface area contributed by atoms with Crippen LogP contribution in [0.2, 0.25) is 0 Å². The highest BCUT2D eigenvalue weighted by Crippen LogP contribution is 2.21. The van der Waals surface area contributed by atoms with E-state index in [4.69, 9.17) is 5.73 Å². The number of hydrogen-bond acceptors (Lipinski definition) is 3. The van der Waals surface area contributed by atoms with Crippen LogP contribution < -0.4 is 5.73 Å². The number of nitrogens with zero attached hydrogens (tertiary/aromatic N) is 1. The predicted octanol–water partition coefficient (Wildman–Crippen LogP) is 2.03.